The molecule has 2 N–H and O–H groups in total. The van der Waals surface area contributed by atoms with E-state index in [1.807, 2.05) is 12.1 Å². The second-order valence-electron chi connectivity index (χ2n) is 6.79. The van der Waals surface area contributed by atoms with Crippen molar-refractivity contribution in [2.24, 2.45) is 0 Å². The molecule has 23 heavy (non-hydrogen) atoms. The third kappa shape index (κ3) is 4.21. The monoisotopic (exact) mass is 335 g/mol. The first-order chi connectivity index (χ1) is 11.2. The number of ether oxygens (including phenoxy) is 1. The lowest BCUT2D eigenvalue weighted by atomic mass is 9.98. The van der Waals surface area contributed by atoms with Crippen LogP contribution in [0.15, 0.2) is 24.3 Å². The van der Waals surface area contributed by atoms with E-state index in [-0.39, 0.29) is 5.91 Å². The topological polar surface area (TPSA) is 42.8 Å². The van der Waals surface area contributed by atoms with Gasteiger partial charge in [0.05, 0.1) is 32.0 Å². The van der Waals surface area contributed by atoms with Gasteiger partial charge in [-0.25, -0.2) is 0 Å². The van der Waals surface area contributed by atoms with E-state index in [1.165, 1.54) is 18.4 Å². The summed E-state index contributed by atoms with van der Waals surface area (Å²) < 4.78 is 5.15. The number of benzene rings is 1. The van der Waals surface area contributed by atoms with Gasteiger partial charge in [-0.1, -0.05) is 12.1 Å². The molecular weight excluding hydrogens is 308 g/mol. The van der Waals surface area contributed by atoms with Crippen molar-refractivity contribution in [1.82, 2.24) is 5.32 Å². The summed E-state index contributed by atoms with van der Waals surface area (Å²) in [7, 11) is 3.98. The summed E-state index contributed by atoms with van der Waals surface area (Å²) >= 11 is 1.68. The van der Waals surface area contributed by atoms with E-state index in [4.69, 9.17) is 4.74 Å². The molecule has 2 fully saturated rings. The fourth-order valence-corrected chi connectivity index (χ4v) is 4.75. The first-order valence-corrected chi connectivity index (χ1v) is 9.64. The number of carbonyl (C=O) groups is 1. The van der Waals surface area contributed by atoms with Gasteiger partial charge < -0.3 is 15.0 Å². The van der Waals surface area contributed by atoms with Crippen LogP contribution in [0.3, 0.4) is 0 Å². The molecule has 2 saturated heterocycles. The first kappa shape index (κ1) is 16.7. The maximum Gasteiger partial charge on any atom is 0.230 e. The summed E-state index contributed by atoms with van der Waals surface area (Å²) in [5.74, 6) is 2.46. The van der Waals surface area contributed by atoms with Gasteiger partial charge in [-0.3, -0.25) is 4.79 Å². The van der Waals surface area contributed by atoms with Crippen molar-refractivity contribution in [1.29, 1.82) is 0 Å². The maximum atomic E-state index is 12.2. The van der Waals surface area contributed by atoms with Crippen LogP contribution in [0.5, 0.6) is 5.75 Å². The number of thioether (sulfide) groups is 1. The van der Waals surface area contributed by atoms with Crippen LogP contribution in [0.1, 0.15) is 31.2 Å². The molecule has 4 nitrogen and oxygen atoms in total. The van der Waals surface area contributed by atoms with Crippen molar-refractivity contribution in [2.45, 2.75) is 49.6 Å². The molecule has 4 atom stereocenters. The van der Waals surface area contributed by atoms with Gasteiger partial charge in [0, 0.05) is 37.5 Å². The van der Waals surface area contributed by atoms with Gasteiger partial charge in [-0.2, -0.15) is 0 Å². The van der Waals surface area contributed by atoms with E-state index in [0.29, 0.717) is 11.8 Å². The van der Waals surface area contributed by atoms with Gasteiger partial charge in [-0.05, 0) is 17.7 Å². The van der Waals surface area contributed by atoms with Gasteiger partial charge in [0.2, 0.25) is 5.91 Å². The number of carbonyl (C=O) groups excluding carboxylic acids is 1. The minimum absolute atomic E-state index is 0.187. The van der Waals surface area contributed by atoms with Crippen molar-refractivity contribution in [2.75, 3.05) is 19.9 Å². The van der Waals surface area contributed by atoms with Crippen molar-refractivity contribution in [3.8, 4) is 5.75 Å². The van der Waals surface area contributed by atoms with Crippen LogP contribution in [-0.2, 0) is 10.5 Å². The zero-order valence-corrected chi connectivity index (χ0v) is 14.8. The fraction of sp³-hybridized carbons (Fsp3) is 0.611. The largest absolute Gasteiger partial charge is 0.497 e. The number of fused-ring (bicyclic) bond motifs is 2. The highest BCUT2D eigenvalue weighted by Crippen LogP contribution is 2.22. The van der Waals surface area contributed by atoms with Crippen molar-refractivity contribution >= 4 is 17.7 Å². The maximum absolute atomic E-state index is 12.2. The lowest BCUT2D eigenvalue weighted by molar-refractivity contribution is -0.922. The Morgan fingerprint density at radius 2 is 1.91 bits per heavy atom. The second-order valence-corrected chi connectivity index (χ2v) is 7.78. The molecule has 1 aromatic carbocycles. The van der Waals surface area contributed by atoms with Crippen LogP contribution in [-0.4, -0.2) is 43.9 Å². The smallest absolute Gasteiger partial charge is 0.230 e. The molecule has 1 aromatic rings. The number of hydrogen-bond donors (Lipinski definition) is 2. The molecule has 1 amide bonds. The molecule has 0 aromatic heterocycles. The van der Waals surface area contributed by atoms with Crippen LogP contribution in [0.2, 0.25) is 0 Å². The third-order valence-corrected chi connectivity index (χ3v) is 6.32. The number of quaternary nitrogens is 1. The van der Waals surface area contributed by atoms with Crippen molar-refractivity contribution < 1.29 is 14.4 Å². The number of hydrogen-bond acceptors (Lipinski definition) is 3. The Labute approximate surface area is 143 Å². The Hall–Kier alpha value is -1.20. The van der Waals surface area contributed by atoms with E-state index in [2.05, 4.69) is 24.5 Å². The highest BCUT2D eigenvalue weighted by atomic mass is 32.2. The van der Waals surface area contributed by atoms with Crippen LogP contribution in [0, 0.1) is 0 Å². The van der Waals surface area contributed by atoms with Gasteiger partial charge in [0.25, 0.3) is 0 Å². The first-order valence-electron chi connectivity index (χ1n) is 8.49. The summed E-state index contributed by atoms with van der Waals surface area (Å²) in [6, 6.07) is 9.95. The fourth-order valence-electron chi connectivity index (χ4n) is 3.95. The quantitative estimate of drug-likeness (QED) is 0.822. The van der Waals surface area contributed by atoms with E-state index in [1.54, 1.807) is 23.8 Å². The zero-order chi connectivity index (χ0) is 16.2. The molecular formula is C18H27N2O2S+. The minimum atomic E-state index is 0.187. The zero-order valence-electron chi connectivity index (χ0n) is 14.0. The average Bonchev–Trinajstić information content (AvgIpc) is 2.76. The third-order valence-electron chi connectivity index (χ3n) is 5.32. The number of piperidine rings is 1. The molecule has 2 bridgehead atoms. The predicted molar refractivity (Wildman–Crippen MR) is 94.0 cm³/mol. The van der Waals surface area contributed by atoms with Crippen LogP contribution < -0.4 is 15.0 Å². The van der Waals surface area contributed by atoms with Crippen molar-refractivity contribution in [3.05, 3.63) is 29.8 Å². The van der Waals surface area contributed by atoms with E-state index in [0.717, 1.165) is 36.4 Å². The predicted octanol–water partition coefficient (Wildman–Crippen LogP) is 1.25. The number of rotatable bonds is 6. The van der Waals surface area contributed by atoms with Gasteiger partial charge >= 0.3 is 0 Å². The summed E-state index contributed by atoms with van der Waals surface area (Å²) in [6.45, 7) is 0. The lowest BCUT2D eigenvalue weighted by Crippen LogP contribution is -3.15. The Kier molecular flexibility index (Phi) is 5.49. The molecule has 0 spiro atoms. The summed E-state index contributed by atoms with van der Waals surface area (Å²) in [5.41, 5.74) is 1.23. The number of nitrogens with one attached hydrogen (secondary N) is 2. The van der Waals surface area contributed by atoms with Crippen LogP contribution in [0.4, 0.5) is 0 Å². The molecule has 126 valence electrons. The Balaban J connectivity index is 1.38. The van der Waals surface area contributed by atoms with E-state index >= 15 is 0 Å². The molecule has 2 aliphatic rings. The number of methoxy groups -OCH3 is 1. The normalized spacial score (nSPS) is 29.3. The molecule has 0 radical (unpaired) electrons. The van der Waals surface area contributed by atoms with Crippen LogP contribution in [0.25, 0.3) is 0 Å². The van der Waals surface area contributed by atoms with Crippen molar-refractivity contribution in [3.63, 3.8) is 0 Å². The van der Waals surface area contributed by atoms with Gasteiger partial charge in [0.1, 0.15) is 5.75 Å². The SMILES string of the molecule is COc1ccc(CSCC(=O)NC2C[C@H]3CC[C@@H](C2)[NH+]3C)cc1. The Morgan fingerprint density at radius 1 is 1.26 bits per heavy atom. The molecule has 0 saturated carbocycles. The highest BCUT2D eigenvalue weighted by molar-refractivity contribution is 7.99. The molecule has 2 heterocycles. The Morgan fingerprint density at radius 3 is 2.52 bits per heavy atom. The summed E-state index contributed by atoms with van der Waals surface area (Å²) in [4.78, 5) is 13.8. The highest BCUT2D eigenvalue weighted by Gasteiger charge is 2.42. The molecule has 2 unspecified atom stereocenters. The van der Waals surface area contributed by atoms with Crippen LogP contribution >= 0.6 is 11.8 Å². The lowest BCUT2D eigenvalue weighted by Gasteiger charge is -2.33. The summed E-state index contributed by atoms with van der Waals surface area (Å²) in [6.07, 6.45) is 4.96. The summed E-state index contributed by atoms with van der Waals surface area (Å²) in [5, 5.41) is 3.25. The second kappa shape index (κ2) is 7.58. The molecule has 3 rings (SSSR count). The number of amides is 1. The van der Waals surface area contributed by atoms with E-state index < -0.39 is 0 Å². The Bertz CT molecular complexity index is 520. The minimum Gasteiger partial charge on any atom is -0.497 e. The standard InChI is InChI=1S/C18H26N2O2S/c1-20-15-5-6-16(20)10-14(9-15)19-18(21)12-23-11-13-3-7-17(22-2)8-4-13/h3-4,7-8,14-16H,5-6,9-12H2,1-2H3,(H,19,21)/p+1/t14?,15-,16+. The molecule has 0 aliphatic carbocycles. The molecule has 2 aliphatic heterocycles. The molecule has 5 heteroatoms. The van der Waals surface area contributed by atoms with E-state index in [9.17, 15) is 4.79 Å². The average molecular weight is 335 g/mol. The van der Waals surface area contributed by atoms with Gasteiger partial charge in [0.15, 0.2) is 0 Å². The van der Waals surface area contributed by atoms with Gasteiger partial charge in [-0.15, -0.1) is 11.8 Å².